The lowest BCUT2D eigenvalue weighted by molar-refractivity contribution is 0.101. The maximum Gasteiger partial charge on any atom is 0.178 e. The minimum atomic E-state index is 0.00843. The van der Waals surface area contributed by atoms with Crippen LogP contribution < -0.4 is 0 Å². The van der Waals surface area contributed by atoms with E-state index < -0.39 is 0 Å². The first-order chi connectivity index (χ1) is 6.61. The predicted octanol–water partition coefficient (Wildman–Crippen LogP) is 3.57. The summed E-state index contributed by atoms with van der Waals surface area (Å²) in [7, 11) is 0. The van der Waals surface area contributed by atoms with Gasteiger partial charge in [-0.1, -0.05) is 0 Å². The number of nitrogens with zero attached hydrogens (tertiary/aromatic N) is 1. The van der Waals surface area contributed by atoms with Crippen molar-refractivity contribution >= 4 is 43.1 Å². The quantitative estimate of drug-likeness (QED) is 0.741. The van der Waals surface area contributed by atoms with Crippen LogP contribution in [0.2, 0.25) is 0 Å². The summed E-state index contributed by atoms with van der Waals surface area (Å²) in [6.07, 6.45) is 1.75. The van der Waals surface area contributed by atoms with Crippen LogP contribution in [0.3, 0.4) is 0 Å². The Hall–Kier alpha value is -0.740. The first-order valence-electron chi connectivity index (χ1n) is 4.14. The molecule has 0 atom stereocenters. The summed E-state index contributed by atoms with van der Waals surface area (Å²) in [5, 5.41) is 2.94. The van der Waals surface area contributed by atoms with Crippen LogP contribution in [0.1, 0.15) is 23.0 Å². The average Bonchev–Trinajstić information content (AvgIpc) is 2.50. The van der Waals surface area contributed by atoms with Crippen LogP contribution in [0.25, 0.3) is 10.1 Å². The van der Waals surface area contributed by atoms with Crippen molar-refractivity contribution in [2.45, 2.75) is 13.8 Å². The summed E-state index contributed by atoms with van der Waals surface area (Å²) in [5.41, 5.74) is 1.67. The molecule has 2 nitrogen and oxygen atoms in total. The van der Waals surface area contributed by atoms with E-state index in [1.54, 1.807) is 24.5 Å². The van der Waals surface area contributed by atoms with Gasteiger partial charge in [0, 0.05) is 33.1 Å². The Balaban J connectivity index is 2.92. The molecule has 0 saturated heterocycles. The lowest BCUT2D eigenvalue weighted by Gasteiger charge is -2.00. The Bertz CT molecular complexity index is 518. The minimum absolute atomic E-state index is 0.00843. The highest BCUT2D eigenvalue weighted by molar-refractivity contribution is 9.10. The van der Waals surface area contributed by atoms with Crippen molar-refractivity contribution in [3.05, 3.63) is 27.3 Å². The standard InChI is InChI=1S/C10H8BrNOS/c1-5-3-12-9(6(2)13)8-7(11)4-14-10(5)8/h3-4H,1-2H3. The molecule has 0 bridgehead atoms. The average molecular weight is 270 g/mol. The van der Waals surface area contributed by atoms with Crippen LogP contribution in [0.4, 0.5) is 0 Å². The third-order valence-electron chi connectivity index (χ3n) is 2.06. The van der Waals surface area contributed by atoms with Crippen LogP contribution in [0.5, 0.6) is 0 Å². The number of halogens is 1. The fourth-order valence-corrected chi connectivity index (χ4v) is 3.10. The Morgan fingerprint density at radius 2 is 2.29 bits per heavy atom. The van der Waals surface area contributed by atoms with E-state index in [1.807, 2.05) is 12.3 Å². The second-order valence-corrected chi connectivity index (χ2v) is 4.87. The lowest BCUT2D eigenvalue weighted by Crippen LogP contribution is -1.97. The molecule has 0 N–H and O–H groups in total. The monoisotopic (exact) mass is 269 g/mol. The SMILES string of the molecule is CC(=O)c1ncc(C)c2scc(Br)c12. The van der Waals surface area contributed by atoms with Crippen molar-refractivity contribution in [1.82, 2.24) is 4.98 Å². The first kappa shape index (κ1) is 9.80. The van der Waals surface area contributed by atoms with Crippen LogP contribution >= 0.6 is 27.3 Å². The van der Waals surface area contributed by atoms with Gasteiger partial charge in [-0.3, -0.25) is 9.78 Å². The van der Waals surface area contributed by atoms with E-state index in [2.05, 4.69) is 20.9 Å². The smallest absolute Gasteiger partial charge is 0.178 e. The van der Waals surface area contributed by atoms with Gasteiger partial charge >= 0.3 is 0 Å². The highest BCUT2D eigenvalue weighted by atomic mass is 79.9. The number of thiophene rings is 1. The molecule has 0 aliphatic carbocycles. The van der Waals surface area contributed by atoms with Gasteiger partial charge < -0.3 is 0 Å². The van der Waals surface area contributed by atoms with Crippen LogP contribution in [0, 0.1) is 6.92 Å². The molecule has 2 heterocycles. The number of aryl methyl sites for hydroxylation is 1. The van der Waals surface area contributed by atoms with Crippen LogP contribution in [0.15, 0.2) is 16.0 Å². The molecule has 0 aliphatic heterocycles. The second kappa shape index (κ2) is 3.44. The normalized spacial score (nSPS) is 10.8. The van der Waals surface area contributed by atoms with Gasteiger partial charge in [0.05, 0.1) is 0 Å². The van der Waals surface area contributed by atoms with Gasteiger partial charge in [0.1, 0.15) is 5.69 Å². The highest BCUT2D eigenvalue weighted by Gasteiger charge is 2.13. The van der Waals surface area contributed by atoms with Gasteiger partial charge in [0.15, 0.2) is 5.78 Å². The summed E-state index contributed by atoms with van der Waals surface area (Å²) in [6, 6.07) is 0. The molecular weight excluding hydrogens is 262 g/mol. The summed E-state index contributed by atoms with van der Waals surface area (Å²) in [5.74, 6) is 0.00843. The van der Waals surface area contributed by atoms with E-state index >= 15 is 0 Å². The Labute approximate surface area is 94.1 Å². The fraction of sp³-hybridized carbons (Fsp3) is 0.200. The van der Waals surface area contributed by atoms with Gasteiger partial charge in [-0.15, -0.1) is 11.3 Å². The molecule has 2 aromatic rings. The molecular formula is C10H8BrNOS. The summed E-state index contributed by atoms with van der Waals surface area (Å²) in [4.78, 5) is 15.5. The van der Waals surface area contributed by atoms with E-state index in [1.165, 1.54) is 0 Å². The summed E-state index contributed by atoms with van der Waals surface area (Å²) >= 11 is 5.07. The number of fused-ring (bicyclic) bond motifs is 1. The Morgan fingerprint density at radius 3 is 2.93 bits per heavy atom. The molecule has 4 heteroatoms. The molecule has 0 saturated carbocycles. The van der Waals surface area contributed by atoms with E-state index in [4.69, 9.17) is 0 Å². The number of carbonyl (C=O) groups is 1. The molecule has 0 amide bonds. The Morgan fingerprint density at radius 1 is 1.57 bits per heavy atom. The van der Waals surface area contributed by atoms with Crippen molar-refractivity contribution in [3.63, 3.8) is 0 Å². The summed E-state index contributed by atoms with van der Waals surface area (Å²) < 4.78 is 2.09. The van der Waals surface area contributed by atoms with Gasteiger partial charge in [-0.2, -0.15) is 0 Å². The molecule has 2 rings (SSSR count). The lowest BCUT2D eigenvalue weighted by atomic mass is 10.1. The molecule has 14 heavy (non-hydrogen) atoms. The van der Waals surface area contributed by atoms with E-state index in [9.17, 15) is 4.79 Å². The van der Waals surface area contributed by atoms with Crippen molar-refractivity contribution in [1.29, 1.82) is 0 Å². The molecule has 0 fully saturated rings. The second-order valence-electron chi connectivity index (χ2n) is 3.13. The fourth-order valence-electron chi connectivity index (χ4n) is 1.40. The number of pyridine rings is 1. The third-order valence-corrected chi connectivity index (χ3v) is 4.11. The number of rotatable bonds is 1. The van der Waals surface area contributed by atoms with Crippen molar-refractivity contribution in [2.24, 2.45) is 0 Å². The van der Waals surface area contributed by atoms with Gasteiger partial charge in [-0.05, 0) is 28.4 Å². The number of Topliss-reactive ketones (excluding diaryl/α,β-unsaturated/α-hetero) is 1. The molecule has 72 valence electrons. The molecule has 0 spiro atoms. The third kappa shape index (κ3) is 1.38. The van der Waals surface area contributed by atoms with Gasteiger partial charge in [0.2, 0.25) is 0 Å². The zero-order valence-electron chi connectivity index (χ0n) is 7.80. The maximum absolute atomic E-state index is 11.3. The number of carbonyl (C=O) groups excluding carboxylic acids is 1. The molecule has 0 aliphatic rings. The number of ketones is 1. The molecule has 2 aromatic heterocycles. The van der Waals surface area contributed by atoms with Crippen molar-refractivity contribution in [2.75, 3.05) is 0 Å². The molecule has 0 aromatic carbocycles. The topological polar surface area (TPSA) is 30.0 Å². The van der Waals surface area contributed by atoms with Gasteiger partial charge in [0.25, 0.3) is 0 Å². The van der Waals surface area contributed by atoms with Gasteiger partial charge in [-0.25, -0.2) is 0 Å². The van der Waals surface area contributed by atoms with Crippen LogP contribution in [-0.4, -0.2) is 10.8 Å². The highest BCUT2D eigenvalue weighted by Crippen LogP contribution is 2.34. The number of aromatic nitrogens is 1. The molecule has 0 radical (unpaired) electrons. The Kier molecular flexibility index (Phi) is 2.41. The number of hydrogen-bond donors (Lipinski definition) is 0. The zero-order valence-corrected chi connectivity index (χ0v) is 10.2. The largest absolute Gasteiger partial charge is 0.293 e. The molecule has 0 unspecified atom stereocenters. The van der Waals surface area contributed by atoms with E-state index in [0.29, 0.717) is 5.69 Å². The zero-order chi connectivity index (χ0) is 10.3. The van der Waals surface area contributed by atoms with E-state index in [0.717, 1.165) is 20.1 Å². The maximum atomic E-state index is 11.3. The number of hydrogen-bond acceptors (Lipinski definition) is 3. The van der Waals surface area contributed by atoms with Crippen LogP contribution in [-0.2, 0) is 0 Å². The minimum Gasteiger partial charge on any atom is -0.293 e. The predicted molar refractivity (Wildman–Crippen MR) is 62.1 cm³/mol. The summed E-state index contributed by atoms with van der Waals surface area (Å²) in [6.45, 7) is 3.55. The van der Waals surface area contributed by atoms with Crippen molar-refractivity contribution < 1.29 is 4.79 Å². The van der Waals surface area contributed by atoms with Crippen molar-refractivity contribution in [3.8, 4) is 0 Å². The van der Waals surface area contributed by atoms with E-state index in [-0.39, 0.29) is 5.78 Å². The first-order valence-corrected chi connectivity index (χ1v) is 5.81.